The lowest BCUT2D eigenvalue weighted by molar-refractivity contribution is -0.110. The Kier molecular flexibility index (Phi) is 4.20. The third kappa shape index (κ3) is 2.74. The molecule has 3 heteroatoms. The van der Waals surface area contributed by atoms with Gasteiger partial charge >= 0.3 is 0 Å². The van der Waals surface area contributed by atoms with Crippen LogP contribution in [0.25, 0.3) is 11.3 Å². The van der Waals surface area contributed by atoms with Gasteiger partial charge in [0.15, 0.2) is 0 Å². The van der Waals surface area contributed by atoms with E-state index < -0.39 is 0 Å². The molecule has 0 atom stereocenters. The fourth-order valence-corrected chi connectivity index (χ4v) is 3.14. The summed E-state index contributed by atoms with van der Waals surface area (Å²) in [6.07, 6.45) is 0. The Morgan fingerprint density at radius 3 is 2.39 bits per heavy atom. The number of nitrogens with zero attached hydrogens (tertiary/aromatic N) is 1. The van der Waals surface area contributed by atoms with Crippen LogP contribution in [-0.4, -0.2) is 23.9 Å². The number of carbonyl (C=O) groups is 1. The van der Waals surface area contributed by atoms with Crippen LogP contribution < -0.4 is 5.32 Å². The van der Waals surface area contributed by atoms with E-state index in [0.29, 0.717) is 0 Å². The van der Waals surface area contributed by atoms with Gasteiger partial charge in [-0.25, -0.2) is 0 Å². The zero-order chi connectivity index (χ0) is 16.4. The molecule has 0 aromatic heterocycles. The summed E-state index contributed by atoms with van der Waals surface area (Å²) in [5, 5.41) is 3.00. The van der Waals surface area contributed by atoms with Crippen LogP contribution in [0.2, 0.25) is 0 Å². The lowest BCUT2D eigenvalue weighted by atomic mass is 9.98. The number of rotatable bonds is 4. The number of carbonyl (C=O) groups excluding carboxylic acids is 1. The maximum atomic E-state index is 12.7. The van der Waals surface area contributed by atoms with Crippen LogP contribution in [0.1, 0.15) is 30.5 Å². The zero-order valence-electron chi connectivity index (χ0n) is 13.9. The molecule has 0 fully saturated rings. The molecule has 0 saturated carbocycles. The van der Waals surface area contributed by atoms with Crippen LogP contribution in [0.5, 0.6) is 0 Å². The highest BCUT2D eigenvalue weighted by Crippen LogP contribution is 2.38. The van der Waals surface area contributed by atoms with E-state index >= 15 is 0 Å². The molecule has 0 spiro atoms. The van der Waals surface area contributed by atoms with Gasteiger partial charge in [0.2, 0.25) is 0 Å². The van der Waals surface area contributed by atoms with E-state index in [1.165, 1.54) is 0 Å². The summed E-state index contributed by atoms with van der Waals surface area (Å²) in [7, 11) is 0. The first-order chi connectivity index (χ1) is 11.2. The van der Waals surface area contributed by atoms with Crippen LogP contribution in [0.3, 0.4) is 0 Å². The molecule has 0 aliphatic carbocycles. The van der Waals surface area contributed by atoms with E-state index in [0.717, 1.165) is 46.7 Å². The monoisotopic (exact) mass is 306 g/mol. The van der Waals surface area contributed by atoms with Gasteiger partial charge in [0.25, 0.3) is 5.91 Å². The van der Waals surface area contributed by atoms with E-state index in [1.807, 2.05) is 30.3 Å². The molecule has 2 aromatic carbocycles. The number of nitrogens with one attached hydrogen (secondary N) is 1. The molecule has 3 rings (SSSR count). The van der Waals surface area contributed by atoms with Crippen LogP contribution in [-0.2, 0) is 4.79 Å². The van der Waals surface area contributed by atoms with E-state index in [9.17, 15) is 4.79 Å². The van der Waals surface area contributed by atoms with Crippen molar-refractivity contribution >= 4 is 22.9 Å². The van der Waals surface area contributed by atoms with Crippen molar-refractivity contribution in [2.45, 2.75) is 20.8 Å². The fraction of sp³-hybridized carbons (Fsp3) is 0.250. The Morgan fingerprint density at radius 1 is 1.04 bits per heavy atom. The largest absolute Gasteiger partial charge is 0.371 e. The molecule has 1 amide bonds. The highest BCUT2D eigenvalue weighted by Gasteiger charge is 2.29. The average Bonchev–Trinajstić information content (AvgIpc) is 2.88. The van der Waals surface area contributed by atoms with Crippen LogP contribution in [0.15, 0.2) is 48.5 Å². The second-order valence-corrected chi connectivity index (χ2v) is 5.77. The predicted molar refractivity (Wildman–Crippen MR) is 96.0 cm³/mol. The Hall–Kier alpha value is -2.55. The Morgan fingerprint density at radius 2 is 1.74 bits per heavy atom. The maximum absolute atomic E-state index is 12.7. The van der Waals surface area contributed by atoms with Gasteiger partial charge in [-0.3, -0.25) is 4.79 Å². The van der Waals surface area contributed by atoms with Gasteiger partial charge in [0.1, 0.15) is 0 Å². The summed E-state index contributed by atoms with van der Waals surface area (Å²) in [5.74, 6) is -0.0173. The van der Waals surface area contributed by atoms with Crippen molar-refractivity contribution in [1.29, 1.82) is 0 Å². The van der Waals surface area contributed by atoms with Crippen LogP contribution in [0.4, 0.5) is 5.69 Å². The number of fused-ring (bicyclic) bond motifs is 1. The van der Waals surface area contributed by atoms with Gasteiger partial charge in [-0.2, -0.15) is 0 Å². The number of aryl methyl sites for hydroxylation is 1. The second-order valence-electron chi connectivity index (χ2n) is 5.77. The Labute approximate surface area is 137 Å². The minimum Gasteiger partial charge on any atom is -0.371 e. The molecule has 0 bridgehead atoms. The van der Waals surface area contributed by atoms with Crippen molar-refractivity contribution in [1.82, 2.24) is 4.90 Å². The first-order valence-electron chi connectivity index (χ1n) is 8.12. The lowest BCUT2D eigenvalue weighted by Crippen LogP contribution is -2.24. The fourth-order valence-electron chi connectivity index (χ4n) is 3.14. The highest BCUT2D eigenvalue weighted by molar-refractivity contribution is 6.36. The van der Waals surface area contributed by atoms with E-state index in [4.69, 9.17) is 0 Å². The molecule has 3 nitrogen and oxygen atoms in total. The van der Waals surface area contributed by atoms with Gasteiger partial charge < -0.3 is 10.2 Å². The van der Waals surface area contributed by atoms with E-state index in [-0.39, 0.29) is 5.91 Å². The Bertz CT molecular complexity index is 758. The minimum absolute atomic E-state index is 0.0173. The molecule has 1 aliphatic heterocycles. The summed E-state index contributed by atoms with van der Waals surface area (Å²) in [6.45, 7) is 8.02. The first-order valence-corrected chi connectivity index (χ1v) is 8.12. The maximum Gasteiger partial charge on any atom is 0.258 e. The number of benzene rings is 2. The second kappa shape index (κ2) is 6.29. The van der Waals surface area contributed by atoms with Gasteiger partial charge in [-0.05, 0) is 38.5 Å². The van der Waals surface area contributed by atoms with Gasteiger partial charge in [-0.15, -0.1) is 0 Å². The molecule has 1 N–H and O–H groups in total. The third-order valence-electron chi connectivity index (χ3n) is 4.28. The number of hydrogen-bond acceptors (Lipinski definition) is 2. The van der Waals surface area contributed by atoms with Crippen molar-refractivity contribution in [3.63, 3.8) is 0 Å². The number of anilines is 1. The lowest BCUT2D eigenvalue weighted by Gasteiger charge is -2.26. The quantitative estimate of drug-likeness (QED) is 0.860. The SMILES string of the molecule is CCN(CC)/C(=C1\C(=O)Nc2ccc(C)cc21)c1ccccc1. The van der Waals surface area contributed by atoms with Crippen molar-refractivity contribution in [2.75, 3.05) is 18.4 Å². The summed E-state index contributed by atoms with van der Waals surface area (Å²) >= 11 is 0. The molecule has 23 heavy (non-hydrogen) atoms. The molecule has 1 aliphatic rings. The molecule has 2 aromatic rings. The minimum atomic E-state index is -0.0173. The molecule has 118 valence electrons. The summed E-state index contributed by atoms with van der Waals surface area (Å²) in [6, 6.07) is 16.3. The highest BCUT2D eigenvalue weighted by atomic mass is 16.2. The first kappa shape index (κ1) is 15.3. The summed E-state index contributed by atoms with van der Waals surface area (Å²) in [5.41, 5.74) is 5.92. The average molecular weight is 306 g/mol. The summed E-state index contributed by atoms with van der Waals surface area (Å²) in [4.78, 5) is 14.9. The van der Waals surface area contributed by atoms with Crippen LogP contribution in [0, 0.1) is 6.92 Å². The Balaban J connectivity index is 2.29. The van der Waals surface area contributed by atoms with Crippen LogP contribution >= 0.6 is 0 Å². The van der Waals surface area contributed by atoms with Gasteiger partial charge in [0, 0.05) is 24.3 Å². The van der Waals surface area contributed by atoms with Crippen molar-refractivity contribution in [3.8, 4) is 0 Å². The van der Waals surface area contributed by atoms with E-state index in [2.05, 4.69) is 49.2 Å². The van der Waals surface area contributed by atoms with Gasteiger partial charge in [-0.1, -0.05) is 42.0 Å². The van der Waals surface area contributed by atoms with Crippen molar-refractivity contribution in [2.24, 2.45) is 0 Å². The summed E-state index contributed by atoms with van der Waals surface area (Å²) < 4.78 is 0. The molecule has 0 radical (unpaired) electrons. The van der Waals surface area contributed by atoms with Crippen molar-refractivity contribution < 1.29 is 4.79 Å². The topological polar surface area (TPSA) is 32.3 Å². The smallest absolute Gasteiger partial charge is 0.258 e. The molecule has 1 heterocycles. The number of amides is 1. The molecular formula is C20H22N2O. The van der Waals surface area contributed by atoms with E-state index in [1.54, 1.807) is 0 Å². The third-order valence-corrected chi connectivity index (χ3v) is 4.28. The van der Waals surface area contributed by atoms with Gasteiger partial charge in [0.05, 0.1) is 11.3 Å². The van der Waals surface area contributed by atoms with Crippen molar-refractivity contribution in [3.05, 3.63) is 65.2 Å². The molecular weight excluding hydrogens is 284 g/mol. The predicted octanol–water partition coefficient (Wildman–Crippen LogP) is 4.16. The zero-order valence-corrected chi connectivity index (χ0v) is 13.9. The molecule has 0 saturated heterocycles. The molecule has 0 unspecified atom stereocenters. The normalized spacial score (nSPS) is 15.2. The standard InChI is InChI=1S/C20H22N2O/c1-4-22(5-2)19(15-9-7-6-8-10-15)18-16-13-14(3)11-12-17(16)21-20(18)23/h6-13H,4-5H2,1-3H3,(H,21,23)/b19-18-. The number of hydrogen-bond donors (Lipinski definition) is 1.